The molecule has 4 N–H and O–H groups in total. The number of nitrogens with one attached hydrogen (secondary N) is 2. The fourth-order valence-electron chi connectivity index (χ4n) is 1.36. The summed E-state index contributed by atoms with van der Waals surface area (Å²) in [5.74, 6) is 5.03. The third-order valence-electron chi connectivity index (χ3n) is 2.33. The summed E-state index contributed by atoms with van der Waals surface area (Å²) in [6, 6.07) is 2.72. The van der Waals surface area contributed by atoms with Gasteiger partial charge in [0.2, 0.25) is 10.0 Å². The normalized spacial score (nSPS) is 12.2. The number of nitrogens with zero attached hydrogens (tertiary/aromatic N) is 1. The van der Waals surface area contributed by atoms with Gasteiger partial charge in [0.25, 0.3) is 5.69 Å². The Balaban J connectivity index is 2.99. The van der Waals surface area contributed by atoms with Crippen molar-refractivity contribution in [3.8, 4) is 0 Å². The Morgan fingerprint density at radius 3 is 2.43 bits per heavy atom. The third kappa shape index (κ3) is 4.84. The first kappa shape index (κ1) is 17.1. The van der Waals surface area contributed by atoms with Gasteiger partial charge in [-0.25, -0.2) is 13.1 Å². The van der Waals surface area contributed by atoms with Gasteiger partial charge in [0, 0.05) is 12.6 Å². The van der Waals surface area contributed by atoms with E-state index in [0.29, 0.717) is 6.07 Å². The molecular weight excluding hydrogens is 317 g/mol. The molecule has 0 spiro atoms. The predicted molar refractivity (Wildman–Crippen MR) is 66.8 cm³/mol. The lowest BCUT2D eigenvalue weighted by Gasteiger charge is -2.09. The van der Waals surface area contributed by atoms with Crippen molar-refractivity contribution in [2.45, 2.75) is 17.5 Å². The molecule has 1 aromatic carbocycles. The van der Waals surface area contributed by atoms with Crippen molar-refractivity contribution in [1.29, 1.82) is 0 Å². The SMILES string of the molecule is NNc1ccc(S(=O)(=O)NCCC(F)(F)F)cc1[N+](=O)[O-]. The minimum Gasteiger partial charge on any atom is -0.318 e. The lowest BCUT2D eigenvalue weighted by atomic mass is 10.3. The first-order chi connectivity index (χ1) is 9.57. The van der Waals surface area contributed by atoms with Crippen LogP contribution < -0.4 is 16.0 Å². The maximum absolute atomic E-state index is 12.0. The summed E-state index contributed by atoms with van der Waals surface area (Å²) in [6.07, 6.45) is -5.86. The molecule has 21 heavy (non-hydrogen) atoms. The molecule has 1 aromatic rings. The smallest absolute Gasteiger partial charge is 0.318 e. The van der Waals surface area contributed by atoms with Crippen LogP contribution in [0.3, 0.4) is 0 Å². The molecule has 0 unspecified atom stereocenters. The van der Waals surface area contributed by atoms with Gasteiger partial charge < -0.3 is 5.43 Å². The van der Waals surface area contributed by atoms with E-state index in [1.807, 2.05) is 5.43 Å². The van der Waals surface area contributed by atoms with Gasteiger partial charge in [-0.15, -0.1) is 0 Å². The zero-order chi connectivity index (χ0) is 16.3. The highest BCUT2D eigenvalue weighted by Crippen LogP contribution is 2.26. The molecule has 0 aliphatic carbocycles. The van der Waals surface area contributed by atoms with Gasteiger partial charge in [0.15, 0.2) is 0 Å². The maximum atomic E-state index is 12.0. The van der Waals surface area contributed by atoms with Gasteiger partial charge >= 0.3 is 6.18 Å². The lowest BCUT2D eigenvalue weighted by Crippen LogP contribution is -2.28. The first-order valence-corrected chi connectivity index (χ1v) is 6.86. The summed E-state index contributed by atoms with van der Waals surface area (Å²) in [5.41, 5.74) is 1.27. The monoisotopic (exact) mass is 328 g/mol. The van der Waals surface area contributed by atoms with Crippen LogP contribution >= 0.6 is 0 Å². The van der Waals surface area contributed by atoms with E-state index in [1.165, 1.54) is 0 Å². The second-order valence-corrected chi connectivity index (χ2v) is 5.61. The molecule has 12 heteroatoms. The predicted octanol–water partition coefficient (Wildman–Crippen LogP) is 1.11. The molecule has 0 aliphatic heterocycles. The van der Waals surface area contributed by atoms with Gasteiger partial charge in [0.1, 0.15) is 5.69 Å². The Bertz CT molecular complexity index is 632. The number of hydrogen-bond acceptors (Lipinski definition) is 6. The zero-order valence-electron chi connectivity index (χ0n) is 10.3. The number of sulfonamides is 1. The number of alkyl halides is 3. The Labute approximate surface area is 117 Å². The highest BCUT2D eigenvalue weighted by molar-refractivity contribution is 7.89. The average molecular weight is 328 g/mol. The maximum Gasteiger partial charge on any atom is 0.390 e. The van der Waals surface area contributed by atoms with Crippen molar-refractivity contribution >= 4 is 21.4 Å². The van der Waals surface area contributed by atoms with E-state index in [2.05, 4.69) is 0 Å². The third-order valence-corrected chi connectivity index (χ3v) is 3.79. The summed E-state index contributed by atoms with van der Waals surface area (Å²) in [4.78, 5) is 9.35. The van der Waals surface area contributed by atoms with Crippen LogP contribution in [0.1, 0.15) is 6.42 Å². The number of rotatable bonds is 6. The van der Waals surface area contributed by atoms with Gasteiger partial charge in [-0.3, -0.25) is 16.0 Å². The highest BCUT2D eigenvalue weighted by Gasteiger charge is 2.28. The molecule has 0 amide bonds. The number of hydrogen-bond donors (Lipinski definition) is 3. The van der Waals surface area contributed by atoms with Crippen molar-refractivity contribution in [3.05, 3.63) is 28.3 Å². The largest absolute Gasteiger partial charge is 0.390 e. The summed E-state index contributed by atoms with van der Waals surface area (Å²) in [6.45, 7) is -0.865. The Morgan fingerprint density at radius 2 is 1.95 bits per heavy atom. The molecule has 0 heterocycles. The summed E-state index contributed by atoms with van der Waals surface area (Å²) in [7, 11) is -4.29. The molecule has 0 aliphatic rings. The lowest BCUT2D eigenvalue weighted by molar-refractivity contribution is -0.384. The standard InChI is InChI=1S/C9H11F3N4O4S/c10-9(11,12)3-4-14-21(19,20)6-1-2-7(15-13)8(5-6)16(17)18/h1-2,5,14-15H,3-4,13H2. The first-order valence-electron chi connectivity index (χ1n) is 5.38. The molecule has 0 saturated carbocycles. The Hall–Kier alpha value is -1.92. The quantitative estimate of drug-likeness (QED) is 0.408. The van der Waals surface area contributed by atoms with E-state index in [1.54, 1.807) is 4.72 Å². The van der Waals surface area contributed by atoms with E-state index >= 15 is 0 Å². The zero-order valence-corrected chi connectivity index (χ0v) is 11.2. The molecule has 1 rings (SSSR count). The summed E-state index contributed by atoms with van der Waals surface area (Å²) in [5, 5.41) is 10.8. The number of hydrazine groups is 1. The molecule has 118 valence electrons. The number of nitrogens with two attached hydrogens (primary N) is 1. The minimum absolute atomic E-state index is 0.130. The van der Waals surface area contributed by atoms with Gasteiger partial charge in [0.05, 0.1) is 16.2 Å². The fourth-order valence-corrected chi connectivity index (χ4v) is 2.41. The number of halogens is 3. The van der Waals surface area contributed by atoms with Crippen molar-refractivity contribution in [3.63, 3.8) is 0 Å². The van der Waals surface area contributed by atoms with E-state index in [0.717, 1.165) is 12.1 Å². The van der Waals surface area contributed by atoms with Crippen molar-refractivity contribution in [2.75, 3.05) is 12.0 Å². The van der Waals surface area contributed by atoms with Crippen LogP contribution in [-0.2, 0) is 10.0 Å². The van der Waals surface area contributed by atoms with E-state index < -0.39 is 44.7 Å². The number of benzene rings is 1. The molecule has 0 atom stereocenters. The van der Waals surface area contributed by atoms with Crippen molar-refractivity contribution in [1.82, 2.24) is 4.72 Å². The van der Waals surface area contributed by atoms with Crippen LogP contribution in [0.15, 0.2) is 23.1 Å². The van der Waals surface area contributed by atoms with Crippen molar-refractivity contribution in [2.24, 2.45) is 5.84 Å². The second-order valence-electron chi connectivity index (χ2n) is 3.84. The number of nitro groups is 1. The van der Waals surface area contributed by atoms with Crippen LogP contribution in [0, 0.1) is 10.1 Å². The Morgan fingerprint density at radius 1 is 1.33 bits per heavy atom. The van der Waals surface area contributed by atoms with E-state index in [-0.39, 0.29) is 5.69 Å². The molecule has 8 nitrogen and oxygen atoms in total. The van der Waals surface area contributed by atoms with E-state index in [9.17, 15) is 31.7 Å². The highest BCUT2D eigenvalue weighted by atomic mass is 32.2. The second kappa shape index (κ2) is 6.24. The van der Waals surface area contributed by atoms with Gasteiger partial charge in [-0.2, -0.15) is 13.2 Å². The summed E-state index contributed by atoms with van der Waals surface area (Å²) >= 11 is 0. The molecule has 0 aromatic heterocycles. The van der Waals surface area contributed by atoms with Crippen LogP contribution in [0.2, 0.25) is 0 Å². The number of nitrogen functional groups attached to an aromatic ring is 1. The fraction of sp³-hybridized carbons (Fsp3) is 0.333. The minimum atomic E-state index is -4.51. The summed E-state index contributed by atoms with van der Waals surface area (Å²) < 4.78 is 61.1. The van der Waals surface area contributed by atoms with Crippen LogP contribution in [-0.4, -0.2) is 26.1 Å². The van der Waals surface area contributed by atoms with Gasteiger partial charge in [-0.05, 0) is 12.1 Å². The number of nitro benzene ring substituents is 1. The molecular formula is C9H11F3N4O4S. The molecule has 0 radical (unpaired) electrons. The average Bonchev–Trinajstić information content (AvgIpc) is 2.35. The van der Waals surface area contributed by atoms with Crippen LogP contribution in [0.5, 0.6) is 0 Å². The number of anilines is 1. The Kier molecular flexibility index (Phi) is 5.09. The van der Waals surface area contributed by atoms with Gasteiger partial charge in [-0.1, -0.05) is 0 Å². The molecule has 0 saturated heterocycles. The van der Waals surface area contributed by atoms with Crippen LogP contribution in [0.4, 0.5) is 24.5 Å². The molecule has 0 bridgehead atoms. The van der Waals surface area contributed by atoms with Crippen molar-refractivity contribution < 1.29 is 26.5 Å². The topological polar surface area (TPSA) is 127 Å². The van der Waals surface area contributed by atoms with Crippen LogP contribution in [0.25, 0.3) is 0 Å². The van der Waals surface area contributed by atoms with E-state index in [4.69, 9.17) is 5.84 Å². The molecule has 0 fully saturated rings.